The number of piperidine rings is 1. The summed E-state index contributed by atoms with van der Waals surface area (Å²) in [6.07, 6.45) is 7.05. The molecule has 0 radical (unpaired) electrons. The highest BCUT2D eigenvalue weighted by Gasteiger charge is 2.50. The summed E-state index contributed by atoms with van der Waals surface area (Å²) in [4.78, 5) is 44.2. The molecule has 7 heteroatoms. The Kier molecular flexibility index (Phi) is 4.17. The van der Waals surface area contributed by atoms with Gasteiger partial charge in [0.05, 0.1) is 0 Å². The van der Waals surface area contributed by atoms with Crippen LogP contribution in [0.25, 0.3) is 0 Å². The summed E-state index contributed by atoms with van der Waals surface area (Å²) in [7, 11) is 0. The van der Waals surface area contributed by atoms with E-state index in [9.17, 15) is 19.5 Å². The molecule has 1 saturated carbocycles. The molecule has 4 rings (SSSR count). The molecule has 0 bridgehead atoms. The number of carbonyl (C=O) groups is 3. The van der Waals surface area contributed by atoms with Crippen molar-refractivity contribution >= 4 is 17.8 Å². The Hall–Kier alpha value is -2.44. The summed E-state index contributed by atoms with van der Waals surface area (Å²) in [5.41, 5.74) is 0.260. The lowest BCUT2D eigenvalue weighted by atomic mass is 9.76. The maximum atomic E-state index is 12.8. The van der Waals surface area contributed by atoms with Crippen LogP contribution in [0.15, 0.2) is 24.5 Å². The number of hydrogen-bond acceptors (Lipinski definition) is 4. The van der Waals surface area contributed by atoms with Crippen LogP contribution < -0.4 is 0 Å². The third-order valence-electron chi connectivity index (χ3n) is 6.04. The lowest BCUT2D eigenvalue weighted by Gasteiger charge is -2.39. The number of rotatable bonds is 3. The minimum absolute atomic E-state index is 0.202. The number of nitrogens with zero attached hydrogens (tertiary/aromatic N) is 3. The second kappa shape index (κ2) is 6.37. The SMILES string of the molecule is O=C(O)C1CC2(CCN(C(=O)C3CC3)CC2)CN1C(=O)c1ccncc1. The van der Waals surface area contributed by atoms with Crippen LogP contribution in [0, 0.1) is 11.3 Å². The normalized spacial score (nSPS) is 24.7. The number of amides is 2. The standard InChI is InChI=1S/C19H23N3O4/c23-16(13-1-2-13)21-9-5-19(6-10-21)11-15(18(25)26)22(12-19)17(24)14-3-7-20-8-4-14/h3-4,7-8,13,15H,1-2,5-6,9-12H2,(H,25,26). The van der Waals surface area contributed by atoms with Gasteiger partial charge in [0, 0.05) is 43.5 Å². The molecule has 1 unspecified atom stereocenters. The summed E-state index contributed by atoms with van der Waals surface area (Å²) in [6, 6.07) is 2.42. The van der Waals surface area contributed by atoms with Crippen molar-refractivity contribution in [1.29, 1.82) is 0 Å². The van der Waals surface area contributed by atoms with Gasteiger partial charge >= 0.3 is 5.97 Å². The van der Waals surface area contributed by atoms with Crippen molar-refractivity contribution in [3.05, 3.63) is 30.1 Å². The first-order valence-corrected chi connectivity index (χ1v) is 9.22. The van der Waals surface area contributed by atoms with E-state index in [1.165, 1.54) is 17.3 Å². The van der Waals surface area contributed by atoms with Gasteiger partial charge in [0.25, 0.3) is 5.91 Å². The van der Waals surface area contributed by atoms with Crippen molar-refractivity contribution in [3.63, 3.8) is 0 Å². The highest BCUT2D eigenvalue weighted by atomic mass is 16.4. The van der Waals surface area contributed by atoms with Crippen molar-refractivity contribution < 1.29 is 19.5 Å². The molecule has 1 aromatic rings. The van der Waals surface area contributed by atoms with Crippen molar-refractivity contribution in [1.82, 2.24) is 14.8 Å². The van der Waals surface area contributed by atoms with E-state index >= 15 is 0 Å². The van der Waals surface area contributed by atoms with E-state index in [1.807, 2.05) is 4.90 Å². The zero-order chi connectivity index (χ0) is 18.3. The molecule has 1 aliphatic carbocycles. The molecule has 3 fully saturated rings. The summed E-state index contributed by atoms with van der Waals surface area (Å²) in [5.74, 6) is -0.754. The van der Waals surface area contributed by atoms with Gasteiger partial charge in [-0.2, -0.15) is 0 Å². The van der Waals surface area contributed by atoms with E-state index in [1.54, 1.807) is 12.1 Å². The Bertz CT molecular complexity index is 724. The van der Waals surface area contributed by atoms with E-state index in [2.05, 4.69) is 4.98 Å². The third kappa shape index (κ3) is 3.06. The molecule has 1 aromatic heterocycles. The fourth-order valence-electron chi connectivity index (χ4n) is 4.30. The van der Waals surface area contributed by atoms with Crippen LogP contribution in [-0.4, -0.2) is 63.4 Å². The zero-order valence-corrected chi connectivity index (χ0v) is 14.6. The average Bonchev–Trinajstić information content (AvgIpc) is 3.44. The largest absolute Gasteiger partial charge is 0.480 e. The molecule has 1 atom stereocenters. The molecular formula is C19H23N3O4. The first-order valence-electron chi connectivity index (χ1n) is 9.22. The number of pyridine rings is 1. The summed E-state index contributed by atoms with van der Waals surface area (Å²) >= 11 is 0. The molecule has 3 aliphatic rings. The molecule has 3 heterocycles. The first kappa shape index (κ1) is 17.0. The number of likely N-dealkylation sites (tertiary alicyclic amines) is 2. The quantitative estimate of drug-likeness (QED) is 0.883. The van der Waals surface area contributed by atoms with Gasteiger partial charge in [0.15, 0.2) is 0 Å². The van der Waals surface area contributed by atoms with Gasteiger partial charge in [0.1, 0.15) is 6.04 Å². The van der Waals surface area contributed by atoms with Gasteiger partial charge in [-0.1, -0.05) is 0 Å². The number of carboxylic acids is 1. The molecule has 138 valence electrons. The second-order valence-corrected chi connectivity index (χ2v) is 7.83. The molecule has 1 spiro atoms. The van der Waals surface area contributed by atoms with Crippen molar-refractivity contribution in [2.24, 2.45) is 11.3 Å². The summed E-state index contributed by atoms with van der Waals surface area (Å²) in [6.45, 7) is 1.77. The highest BCUT2D eigenvalue weighted by molar-refractivity contribution is 5.97. The predicted molar refractivity (Wildman–Crippen MR) is 92.3 cm³/mol. The predicted octanol–water partition coefficient (Wildman–Crippen LogP) is 1.40. The molecule has 2 aliphatic heterocycles. The number of carbonyl (C=O) groups excluding carboxylic acids is 2. The minimum Gasteiger partial charge on any atom is -0.480 e. The van der Waals surface area contributed by atoms with Crippen LogP contribution in [0.2, 0.25) is 0 Å². The smallest absolute Gasteiger partial charge is 0.326 e. The Morgan fingerprint density at radius 1 is 1.12 bits per heavy atom. The van der Waals surface area contributed by atoms with Crippen LogP contribution in [0.1, 0.15) is 42.5 Å². The van der Waals surface area contributed by atoms with E-state index in [0.29, 0.717) is 31.6 Å². The number of aromatic nitrogens is 1. The van der Waals surface area contributed by atoms with Gasteiger partial charge < -0.3 is 14.9 Å². The fourth-order valence-corrected chi connectivity index (χ4v) is 4.30. The van der Waals surface area contributed by atoms with Gasteiger partial charge in [0.2, 0.25) is 5.91 Å². The van der Waals surface area contributed by atoms with Crippen LogP contribution in [0.3, 0.4) is 0 Å². The van der Waals surface area contributed by atoms with Gasteiger partial charge in [-0.05, 0) is 49.7 Å². The van der Waals surface area contributed by atoms with E-state index in [4.69, 9.17) is 0 Å². The van der Waals surface area contributed by atoms with Crippen molar-refractivity contribution in [3.8, 4) is 0 Å². The number of aliphatic carboxylic acids is 1. The molecule has 2 saturated heterocycles. The maximum Gasteiger partial charge on any atom is 0.326 e. The number of carboxylic acid groups (broad SMARTS) is 1. The fraction of sp³-hybridized carbons (Fsp3) is 0.579. The Balaban J connectivity index is 1.48. The summed E-state index contributed by atoms with van der Waals surface area (Å²) in [5, 5.41) is 9.64. The van der Waals surface area contributed by atoms with Crippen LogP contribution in [-0.2, 0) is 9.59 Å². The molecule has 2 amide bonds. The van der Waals surface area contributed by atoms with E-state index in [-0.39, 0.29) is 23.1 Å². The minimum atomic E-state index is -0.958. The van der Waals surface area contributed by atoms with E-state index < -0.39 is 12.0 Å². The van der Waals surface area contributed by atoms with E-state index in [0.717, 1.165) is 25.7 Å². The zero-order valence-electron chi connectivity index (χ0n) is 14.6. The molecule has 0 aromatic carbocycles. The van der Waals surface area contributed by atoms with Crippen LogP contribution >= 0.6 is 0 Å². The molecule has 7 nitrogen and oxygen atoms in total. The molecule has 1 N–H and O–H groups in total. The third-order valence-corrected chi connectivity index (χ3v) is 6.04. The van der Waals surface area contributed by atoms with Crippen LogP contribution in [0.5, 0.6) is 0 Å². The topological polar surface area (TPSA) is 90.8 Å². The Morgan fingerprint density at radius 2 is 1.77 bits per heavy atom. The Morgan fingerprint density at radius 3 is 2.35 bits per heavy atom. The Labute approximate surface area is 152 Å². The lowest BCUT2D eigenvalue weighted by molar-refractivity contribution is -0.141. The number of hydrogen-bond donors (Lipinski definition) is 1. The summed E-state index contributed by atoms with van der Waals surface area (Å²) < 4.78 is 0. The van der Waals surface area contributed by atoms with Gasteiger partial charge in [-0.15, -0.1) is 0 Å². The molecular weight excluding hydrogens is 334 g/mol. The van der Waals surface area contributed by atoms with Crippen LogP contribution in [0.4, 0.5) is 0 Å². The van der Waals surface area contributed by atoms with Gasteiger partial charge in [-0.25, -0.2) is 4.79 Å². The monoisotopic (exact) mass is 357 g/mol. The van der Waals surface area contributed by atoms with Crippen molar-refractivity contribution in [2.45, 2.75) is 38.1 Å². The van der Waals surface area contributed by atoms with Gasteiger partial charge in [-0.3, -0.25) is 14.6 Å². The average molecular weight is 357 g/mol. The first-order chi connectivity index (χ1) is 12.5. The molecule has 26 heavy (non-hydrogen) atoms. The maximum absolute atomic E-state index is 12.8. The second-order valence-electron chi connectivity index (χ2n) is 7.83. The lowest BCUT2D eigenvalue weighted by Crippen LogP contribution is -2.45. The highest BCUT2D eigenvalue weighted by Crippen LogP contribution is 2.44. The van der Waals surface area contributed by atoms with Crippen molar-refractivity contribution in [2.75, 3.05) is 19.6 Å².